The minimum atomic E-state index is -0.906. The molecule has 7 heteroatoms. The molecule has 2 rings (SSSR count). The van der Waals surface area contributed by atoms with Gasteiger partial charge in [-0.2, -0.15) is 4.39 Å². The maximum absolute atomic E-state index is 13.4. The lowest BCUT2D eigenvalue weighted by Gasteiger charge is -2.07. The van der Waals surface area contributed by atoms with Gasteiger partial charge in [-0.15, -0.1) is 0 Å². The van der Waals surface area contributed by atoms with Crippen molar-refractivity contribution in [2.45, 2.75) is 6.54 Å². The highest BCUT2D eigenvalue weighted by molar-refractivity contribution is 6.30. The Labute approximate surface area is 118 Å². The zero-order valence-corrected chi connectivity index (χ0v) is 10.8. The van der Waals surface area contributed by atoms with Gasteiger partial charge >= 0.3 is 5.69 Å². The first kappa shape index (κ1) is 14.2. The zero-order valence-electron chi connectivity index (χ0n) is 10.1. The summed E-state index contributed by atoms with van der Waals surface area (Å²) in [5, 5.41) is 13.4. The Morgan fingerprint density at radius 2 is 1.90 bits per heavy atom. The molecule has 0 amide bonds. The summed E-state index contributed by atoms with van der Waals surface area (Å²) in [6, 6.07) is 7.78. The molecule has 4 nitrogen and oxygen atoms in total. The highest BCUT2D eigenvalue weighted by Gasteiger charge is 2.13. The average Bonchev–Trinajstić information content (AvgIpc) is 2.40. The van der Waals surface area contributed by atoms with Gasteiger partial charge in [0, 0.05) is 18.3 Å². The van der Waals surface area contributed by atoms with Crippen LogP contribution < -0.4 is 5.32 Å². The summed E-state index contributed by atoms with van der Waals surface area (Å²) < 4.78 is 26.6. The van der Waals surface area contributed by atoms with Crippen molar-refractivity contribution in [2.24, 2.45) is 0 Å². The van der Waals surface area contributed by atoms with Gasteiger partial charge in [-0.25, -0.2) is 4.39 Å². The standard InChI is InChI=1S/C13H9ClF2N2O2/c14-10-3-2-9(6-11(10)15)17-7-8-1-4-13(18(19)20)12(16)5-8/h1-6,17H,7H2. The largest absolute Gasteiger partial charge is 0.381 e. The van der Waals surface area contributed by atoms with Gasteiger partial charge in [-0.1, -0.05) is 17.7 Å². The number of nitro benzene ring substituents is 1. The Morgan fingerprint density at radius 3 is 2.50 bits per heavy atom. The monoisotopic (exact) mass is 298 g/mol. The summed E-state index contributed by atoms with van der Waals surface area (Å²) in [5.74, 6) is -1.47. The molecule has 0 bridgehead atoms. The summed E-state index contributed by atoms with van der Waals surface area (Å²) >= 11 is 5.55. The first-order valence-corrected chi connectivity index (χ1v) is 5.97. The van der Waals surface area contributed by atoms with Gasteiger partial charge in [0.2, 0.25) is 5.82 Å². The van der Waals surface area contributed by atoms with Crippen LogP contribution in [-0.4, -0.2) is 4.92 Å². The topological polar surface area (TPSA) is 55.2 Å². The van der Waals surface area contributed by atoms with E-state index in [0.29, 0.717) is 11.3 Å². The Kier molecular flexibility index (Phi) is 4.14. The molecule has 2 aromatic carbocycles. The van der Waals surface area contributed by atoms with E-state index >= 15 is 0 Å². The summed E-state index contributed by atoms with van der Waals surface area (Å²) in [4.78, 5) is 9.69. The van der Waals surface area contributed by atoms with Crippen molar-refractivity contribution in [1.82, 2.24) is 0 Å². The molecule has 0 heterocycles. The minimum Gasteiger partial charge on any atom is -0.381 e. The van der Waals surface area contributed by atoms with Crippen LogP contribution in [0.2, 0.25) is 5.02 Å². The molecule has 0 saturated carbocycles. The molecule has 0 atom stereocenters. The van der Waals surface area contributed by atoms with E-state index in [1.165, 1.54) is 18.2 Å². The summed E-state index contributed by atoms with van der Waals surface area (Å²) in [5.41, 5.74) is 0.403. The Morgan fingerprint density at radius 1 is 1.15 bits per heavy atom. The number of benzene rings is 2. The lowest BCUT2D eigenvalue weighted by Crippen LogP contribution is -2.01. The van der Waals surface area contributed by atoms with Crippen molar-refractivity contribution in [3.63, 3.8) is 0 Å². The molecule has 0 unspecified atom stereocenters. The third-order valence-corrected chi connectivity index (χ3v) is 2.93. The van der Waals surface area contributed by atoms with Gasteiger partial charge in [-0.05, 0) is 29.8 Å². The van der Waals surface area contributed by atoms with Gasteiger partial charge in [0.15, 0.2) is 0 Å². The van der Waals surface area contributed by atoms with E-state index in [0.717, 1.165) is 12.1 Å². The normalized spacial score (nSPS) is 10.3. The molecule has 0 spiro atoms. The summed E-state index contributed by atoms with van der Waals surface area (Å²) in [7, 11) is 0. The van der Waals surface area contributed by atoms with E-state index in [9.17, 15) is 18.9 Å². The lowest BCUT2D eigenvalue weighted by molar-refractivity contribution is -0.387. The first-order valence-electron chi connectivity index (χ1n) is 5.59. The van der Waals surface area contributed by atoms with Gasteiger partial charge in [-0.3, -0.25) is 10.1 Å². The fourth-order valence-corrected chi connectivity index (χ4v) is 1.74. The van der Waals surface area contributed by atoms with Crippen molar-refractivity contribution >= 4 is 23.0 Å². The summed E-state index contributed by atoms with van der Waals surface area (Å²) in [6.45, 7) is 0.204. The third-order valence-electron chi connectivity index (χ3n) is 2.63. The van der Waals surface area contributed by atoms with Crippen LogP contribution in [0.1, 0.15) is 5.56 Å². The Balaban J connectivity index is 2.09. The predicted octanol–water partition coefficient (Wildman–Crippen LogP) is 4.14. The van der Waals surface area contributed by atoms with Crippen molar-refractivity contribution in [2.75, 3.05) is 5.32 Å². The second kappa shape index (κ2) is 5.83. The lowest BCUT2D eigenvalue weighted by atomic mass is 10.2. The van der Waals surface area contributed by atoms with E-state index < -0.39 is 22.2 Å². The van der Waals surface area contributed by atoms with E-state index in [2.05, 4.69) is 5.32 Å². The maximum atomic E-state index is 13.4. The van der Waals surface area contributed by atoms with Crippen LogP contribution >= 0.6 is 11.6 Å². The van der Waals surface area contributed by atoms with Crippen molar-refractivity contribution in [3.05, 3.63) is 68.7 Å². The second-order valence-corrected chi connectivity index (χ2v) is 4.43. The SMILES string of the molecule is O=[N+]([O-])c1ccc(CNc2ccc(Cl)c(F)c2)cc1F. The Bertz CT molecular complexity index is 665. The molecule has 0 fully saturated rings. The highest BCUT2D eigenvalue weighted by Crippen LogP contribution is 2.21. The molecule has 0 saturated heterocycles. The predicted molar refractivity (Wildman–Crippen MR) is 71.8 cm³/mol. The van der Waals surface area contributed by atoms with Crippen LogP contribution in [0, 0.1) is 21.7 Å². The number of nitrogens with one attached hydrogen (secondary N) is 1. The van der Waals surface area contributed by atoms with Crippen LogP contribution in [0.15, 0.2) is 36.4 Å². The van der Waals surface area contributed by atoms with Gasteiger partial charge in [0.25, 0.3) is 0 Å². The van der Waals surface area contributed by atoms with E-state index in [1.807, 2.05) is 0 Å². The van der Waals surface area contributed by atoms with Gasteiger partial charge in [0.1, 0.15) is 5.82 Å². The number of rotatable bonds is 4. The number of hydrogen-bond donors (Lipinski definition) is 1. The van der Waals surface area contributed by atoms with Crippen molar-refractivity contribution in [1.29, 1.82) is 0 Å². The smallest absolute Gasteiger partial charge is 0.304 e. The molecule has 0 aromatic heterocycles. The van der Waals surface area contributed by atoms with E-state index in [1.54, 1.807) is 6.07 Å². The molecule has 104 valence electrons. The van der Waals surface area contributed by atoms with E-state index in [4.69, 9.17) is 11.6 Å². The van der Waals surface area contributed by atoms with Crippen LogP contribution in [0.5, 0.6) is 0 Å². The minimum absolute atomic E-state index is 0.0110. The van der Waals surface area contributed by atoms with Crippen LogP contribution in [0.3, 0.4) is 0 Å². The average molecular weight is 299 g/mol. The molecule has 0 aliphatic heterocycles. The molecule has 2 aromatic rings. The fourth-order valence-electron chi connectivity index (χ4n) is 1.62. The van der Waals surface area contributed by atoms with Gasteiger partial charge in [0.05, 0.1) is 9.95 Å². The molecular formula is C13H9ClF2N2O2. The van der Waals surface area contributed by atoms with Crippen LogP contribution in [0.4, 0.5) is 20.2 Å². The molecule has 0 aliphatic rings. The van der Waals surface area contributed by atoms with Crippen molar-refractivity contribution in [3.8, 4) is 0 Å². The molecule has 0 radical (unpaired) electrons. The molecule has 1 N–H and O–H groups in total. The van der Waals surface area contributed by atoms with Crippen LogP contribution in [-0.2, 0) is 6.54 Å². The van der Waals surface area contributed by atoms with E-state index in [-0.39, 0.29) is 11.6 Å². The molecule has 0 aliphatic carbocycles. The number of hydrogen-bond acceptors (Lipinski definition) is 3. The zero-order chi connectivity index (χ0) is 14.7. The fraction of sp³-hybridized carbons (Fsp3) is 0.0769. The van der Waals surface area contributed by atoms with Crippen LogP contribution in [0.25, 0.3) is 0 Å². The van der Waals surface area contributed by atoms with Gasteiger partial charge < -0.3 is 5.32 Å². The molecule has 20 heavy (non-hydrogen) atoms. The van der Waals surface area contributed by atoms with Crippen molar-refractivity contribution < 1.29 is 13.7 Å². The second-order valence-electron chi connectivity index (χ2n) is 4.03. The number of nitrogens with zero attached hydrogens (tertiary/aromatic N) is 1. The third kappa shape index (κ3) is 3.21. The maximum Gasteiger partial charge on any atom is 0.304 e. The number of anilines is 1. The summed E-state index contributed by atoms with van der Waals surface area (Å²) in [6.07, 6.45) is 0. The highest BCUT2D eigenvalue weighted by atomic mass is 35.5. The number of halogens is 3. The quantitative estimate of drug-likeness (QED) is 0.682. The Hall–Kier alpha value is -2.21. The number of nitro groups is 1. The molecular weight excluding hydrogens is 290 g/mol. The first-order chi connectivity index (χ1) is 9.47.